The lowest BCUT2D eigenvalue weighted by molar-refractivity contribution is -0.416. The standard InChI is InChI=1S/C15H19NO9/c1-23-15(20)12(18)14(19,7-8-16(21)22)11(9-17)25-13(15)24-10-5-3-2-4-6-10/h2-8,11-13,17-20H,9H2,1H3/t11-,12+,13-,14-,15+/m1/s1. The molecule has 1 heterocycles. The third kappa shape index (κ3) is 3.63. The van der Waals surface area contributed by atoms with Gasteiger partial charge in [0.2, 0.25) is 6.20 Å². The molecule has 0 amide bonds. The summed E-state index contributed by atoms with van der Waals surface area (Å²) in [5.41, 5.74) is -2.50. The second-order valence-corrected chi connectivity index (χ2v) is 5.42. The minimum absolute atomic E-state index is 0.262. The first-order chi connectivity index (χ1) is 11.8. The van der Waals surface area contributed by atoms with Crippen LogP contribution in [-0.4, -0.2) is 69.0 Å². The average Bonchev–Trinajstić information content (AvgIpc) is 2.61. The van der Waals surface area contributed by atoms with Gasteiger partial charge in [0.1, 0.15) is 23.6 Å². The first-order valence-electron chi connectivity index (χ1n) is 7.26. The molecule has 1 aromatic carbocycles. The lowest BCUT2D eigenvalue weighted by Gasteiger charge is -2.50. The van der Waals surface area contributed by atoms with Crippen LogP contribution in [0.2, 0.25) is 0 Å². The molecule has 1 aliphatic heterocycles. The van der Waals surface area contributed by atoms with Crippen LogP contribution in [0.15, 0.2) is 42.6 Å². The van der Waals surface area contributed by atoms with Crippen molar-refractivity contribution >= 4 is 0 Å². The van der Waals surface area contributed by atoms with Gasteiger partial charge < -0.3 is 34.6 Å². The van der Waals surface area contributed by atoms with Crippen molar-refractivity contribution in [3.05, 3.63) is 52.7 Å². The second kappa shape index (κ2) is 7.44. The van der Waals surface area contributed by atoms with Crippen LogP contribution in [0, 0.1) is 10.1 Å². The van der Waals surface area contributed by atoms with Crippen molar-refractivity contribution in [2.75, 3.05) is 13.7 Å². The fourth-order valence-electron chi connectivity index (χ4n) is 2.50. The molecule has 0 unspecified atom stereocenters. The highest BCUT2D eigenvalue weighted by Gasteiger charge is 2.64. The molecule has 1 aromatic rings. The third-order valence-corrected chi connectivity index (χ3v) is 3.91. The van der Waals surface area contributed by atoms with Gasteiger partial charge >= 0.3 is 0 Å². The number of aliphatic hydroxyl groups excluding tert-OH is 2. The van der Waals surface area contributed by atoms with Crippen LogP contribution in [0.25, 0.3) is 0 Å². The number of benzene rings is 1. The highest BCUT2D eigenvalue weighted by Crippen LogP contribution is 2.38. The molecule has 0 aliphatic carbocycles. The van der Waals surface area contributed by atoms with Gasteiger partial charge in [0, 0.05) is 13.2 Å². The van der Waals surface area contributed by atoms with Crippen molar-refractivity contribution in [2.45, 2.75) is 29.9 Å². The third-order valence-electron chi connectivity index (χ3n) is 3.91. The van der Waals surface area contributed by atoms with E-state index in [0.717, 1.165) is 7.11 Å². The normalized spacial score (nSPS) is 35.6. The highest BCUT2D eigenvalue weighted by molar-refractivity contribution is 5.22. The van der Waals surface area contributed by atoms with Crippen molar-refractivity contribution in [3.63, 3.8) is 0 Å². The maximum atomic E-state index is 10.6. The molecule has 1 aliphatic rings. The van der Waals surface area contributed by atoms with Crippen molar-refractivity contribution in [2.24, 2.45) is 0 Å². The molecule has 0 saturated carbocycles. The smallest absolute Gasteiger partial charge is 0.260 e. The molecule has 25 heavy (non-hydrogen) atoms. The fraction of sp³-hybridized carbons (Fsp3) is 0.467. The minimum Gasteiger partial charge on any atom is -0.459 e. The molecule has 0 radical (unpaired) electrons. The second-order valence-electron chi connectivity index (χ2n) is 5.42. The van der Waals surface area contributed by atoms with E-state index in [2.05, 4.69) is 0 Å². The van der Waals surface area contributed by atoms with E-state index < -0.39 is 41.4 Å². The number of hydrogen-bond donors (Lipinski definition) is 4. The summed E-state index contributed by atoms with van der Waals surface area (Å²) < 4.78 is 15.7. The predicted molar refractivity (Wildman–Crippen MR) is 81.9 cm³/mol. The Labute approximate surface area is 142 Å². The summed E-state index contributed by atoms with van der Waals surface area (Å²) in [6.07, 6.45) is -4.30. The van der Waals surface area contributed by atoms with Crippen molar-refractivity contribution < 1.29 is 39.6 Å². The van der Waals surface area contributed by atoms with Gasteiger partial charge in [-0.25, -0.2) is 0 Å². The summed E-state index contributed by atoms with van der Waals surface area (Å²) in [7, 11) is 1.03. The van der Waals surface area contributed by atoms with Crippen molar-refractivity contribution in [3.8, 4) is 5.75 Å². The molecule has 10 heteroatoms. The number of para-hydroxylation sites is 1. The fourth-order valence-corrected chi connectivity index (χ4v) is 2.50. The molecular weight excluding hydrogens is 338 g/mol. The Bertz CT molecular complexity index is 625. The van der Waals surface area contributed by atoms with Crippen LogP contribution < -0.4 is 4.74 Å². The number of hydrogen-bond acceptors (Lipinski definition) is 9. The Morgan fingerprint density at radius 3 is 2.52 bits per heavy atom. The van der Waals surface area contributed by atoms with Gasteiger partial charge in [-0.05, 0) is 12.1 Å². The van der Waals surface area contributed by atoms with Crippen LogP contribution in [0.3, 0.4) is 0 Å². The van der Waals surface area contributed by atoms with E-state index in [1.54, 1.807) is 30.3 Å². The first kappa shape index (κ1) is 19.2. The monoisotopic (exact) mass is 357 g/mol. The Kier molecular flexibility index (Phi) is 5.72. The Morgan fingerprint density at radius 2 is 2.00 bits per heavy atom. The molecule has 0 spiro atoms. The van der Waals surface area contributed by atoms with Crippen LogP contribution in [0.5, 0.6) is 5.75 Å². The van der Waals surface area contributed by atoms with E-state index in [4.69, 9.17) is 14.2 Å². The van der Waals surface area contributed by atoms with Crippen LogP contribution in [0.4, 0.5) is 0 Å². The van der Waals surface area contributed by atoms with E-state index in [0.29, 0.717) is 12.3 Å². The summed E-state index contributed by atoms with van der Waals surface area (Å²) in [5.74, 6) is -2.31. The summed E-state index contributed by atoms with van der Waals surface area (Å²) in [4.78, 5) is 9.65. The number of methoxy groups -OCH3 is 1. The minimum atomic E-state index is -2.57. The summed E-state index contributed by atoms with van der Waals surface area (Å²) in [6, 6.07) is 8.13. The van der Waals surface area contributed by atoms with Crippen LogP contribution >= 0.6 is 0 Å². The van der Waals surface area contributed by atoms with E-state index in [1.165, 1.54) is 0 Å². The summed E-state index contributed by atoms with van der Waals surface area (Å²) in [6.45, 7) is -0.815. The Morgan fingerprint density at radius 1 is 1.36 bits per heavy atom. The lowest BCUT2D eigenvalue weighted by Crippen LogP contribution is -2.74. The van der Waals surface area contributed by atoms with Gasteiger partial charge in [-0.15, -0.1) is 0 Å². The van der Waals surface area contributed by atoms with Gasteiger partial charge in [0.15, 0.2) is 0 Å². The van der Waals surface area contributed by atoms with Crippen LogP contribution in [0.1, 0.15) is 0 Å². The summed E-state index contributed by atoms with van der Waals surface area (Å²) in [5, 5.41) is 51.6. The van der Waals surface area contributed by atoms with Gasteiger partial charge in [-0.2, -0.15) is 0 Å². The molecule has 1 fully saturated rings. The van der Waals surface area contributed by atoms with E-state index in [9.17, 15) is 30.5 Å². The molecule has 10 nitrogen and oxygen atoms in total. The van der Waals surface area contributed by atoms with Gasteiger partial charge in [-0.3, -0.25) is 10.1 Å². The largest absolute Gasteiger partial charge is 0.459 e. The SMILES string of the molecule is CO[C@]1(O)[C@H](Oc2ccccc2)O[C@H](CO)[C@](O)(C=C[N+](=O)[O-])[C@@H]1O. The zero-order chi connectivity index (χ0) is 18.7. The van der Waals surface area contributed by atoms with E-state index >= 15 is 0 Å². The van der Waals surface area contributed by atoms with Crippen LogP contribution in [-0.2, 0) is 9.47 Å². The maximum Gasteiger partial charge on any atom is 0.260 e. The lowest BCUT2D eigenvalue weighted by atomic mass is 9.82. The van der Waals surface area contributed by atoms with Gasteiger partial charge in [-0.1, -0.05) is 18.2 Å². The molecule has 5 atom stereocenters. The Balaban J connectivity index is 2.38. The summed E-state index contributed by atoms with van der Waals surface area (Å²) >= 11 is 0. The zero-order valence-electron chi connectivity index (χ0n) is 13.3. The van der Waals surface area contributed by atoms with Crippen molar-refractivity contribution in [1.82, 2.24) is 0 Å². The van der Waals surface area contributed by atoms with Gasteiger partial charge in [0.25, 0.3) is 12.1 Å². The predicted octanol–water partition coefficient (Wildman–Crippen LogP) is -1.00. The highest BCUT2D eigenvalue weighted by atomic mass is 16.8. The molecule has 1 saturated heterocycles. The zero-order valence-corrected chi connectivity index (χ0v) is 13.3. The number of ether oxygens (including phenoxy) is 3. The number of rotatable bonds is 6. The van der Waals surface area contributed by atoms with Gasteiger partial charge in [0.05, 0.1) is 11.5 Å². The molecule has 4 N–H and O–H groups in total. The topological polar surface area (TPSA) is 152 Å². The first-order valence-corrected chi connectivity index (χ1v) is 7.26. The number of nitrogens with zero attached hydrogens (tertiary/aromatic N) is 1. The maximum absolute atomic E-state index is 10.6. The van der Waals surface area contributed by atoms with E-state index in [1.807, 2.05) is 0 Å². The number of aliphatic hydroxyl groups is 4. The average molecular weight is 357 g/mol. The molecular formula is C15H19NO9. The van der Waals surface area contributed by atoms with E-state index in [-0.39, 0.29) is 5.75 Å². The molecule has 0 aromatic heterocycles. The van der Waals surface area contributed by atoms with Crippen molar-refractivity contribution in [1.29, 1.82) is 0 Å². The molecule has 138 valence electrons. The Hall–Kier alpha value is -2.08. The quantitative estimate of drug-likeness (QED) is 0.285. The number of nitro groups is 1. The molecule has 0 bridgehead atoms. The molecule has 2 rings (SSSR count).